The fourth-order valence-electron chi connectivity index (χ4n) is 2.34. The summed E-state index contributed by atoms with van der Waals surface area (Å²) in [6.45, 7) is 6.29. The number of amides is 1. The second-order valence-electron chi connectivity index (χ2n) is 6.04. The second-order valence-corrected chi connectivity index (χ2v) is 6.04. The Balaban J connectivity index is 2.21. The summed E-state index contributed by atoms with van der Waals surface area (Å²) in [5.41, 5.74) is 10.2. The first-order chi connectivity index (χ1) is 10.4. The standard InChI is InChI=1S/C19H24N2O/c1-13(2)16-6-5-7-17(12-16)21(4)19(22)18(20)15-10-8-14(3)9-11-15/h5-13,18H,20H2,1-4H3. The number of hydrogen-bond acceptors (Lipinski definition) is 2. The molecule has 2 aromatic rings. The Hall–Kier alpha value is -2.13. The molecule has 1 amide bonds. The summed E-state index contributed by atoms with van der Waals surface area (Å²) in [5.74, 6) is 0.319. The lowest BCUT2D eigenvalue weighted by Crippen LogP contribution is -2.35. The summed E-state index contributed by atoms with van der Waals surface area (Å²) in [7, 11) is 1.77. The van der Waals surface area contributed by atoms with Crippen molar-refractivity contribution in [3.63, 3.8) is 0 Å². The van der Waals surface area contributed by atoms with Gasteiger partial charge in [0.15, 0.2) is 0 Å². The van der Waals surface area contributed by atoms with Crippen LogP contribution in [0.15, 0.2) is 48.5 Å². The van der Waals surface area contributed by atoms with Gasteiger partial charge in [-0.1, -0.05) is 55.8 Å². The van der Waals surface area contributed by atoms with Gasteiger partial charge in [0, 0.05) is 12.7 Å². The minimum Gasteiger partial charge on any atom is -0.316 e. The molecule has 2 rings (SSSR count). The van der Waals surface area contributed by atoms with Gasteiger partial charge in [-0.2, -0.15) is 0 Å². The average Bonchev–Trinajstić information content (AvgIpc) is 2.53. The van der Waals surface area contributed by atoms with Crippen LogP contribution in [0.5, 0.6) is 0 Å². The lowest BCUT2D eigenvalue weighted by atomic mass is 10.0. The first-order valence-corrected chi connectivity index (χ1v) is 7.60. The highest BCUT2D eigenvalue weighted by Crippen LogP contribution is 2.23. The van der Waals surface area contributed by atoms with Gasteiger partial charge < -0.3 is 10.6 Å². The van der Waals surface area contributed by atoms with Gasteiger partial charge in [-0.25, -0.2) is 0 Å². The number of benzene rings is 2. The second kappa shape index (κ2) is 6.75. The van der Waals surface area contributed by atoms with Crippen LogP contribution in [-0.2, 0) is 4.79 Å². The lowest BCUT2D eigenvalue weighted by molar-refractivity contribution is -0.119. The molecule has 1 atom stereocenters. The highest BCUT2D eigenvalue weighted by atomic mass is 16.2. The molecule has 116 valence electrons. The van der Waals surface area contributed by atoms with Gasteiger partial charge in [0.05, 0.1) is 0 Å². The highest BCUT2D eigenvalue weighted by Gasteiger charge is 2.21. The zero-order valence-electron chi connectivity index (χ0n) is 13.7. The Morgan fingerprint density at radius 3 is 2.27 bits per heavy atom. The molecule has 0 spiro atoms. The van der Waals surface area contributed by atoms with Gasteiger partial charge in [0.1, 0.15) is 6.04 Å². The molecule has 0 aromatic heterocycles. The van der Waals surface area contributed by atoms with Gasteiger partial charge in [-0.3, -0.25) is 4.79 Å². The van der Waals surface area contributed by atoms with Crippen LogP contribution < -0.4 is 10.6 Å². The smallest absolute Gasteiger partial charge is 0.248 e. The number of likely N-dealkylation sites (N-methyl/N-ethyl adjacent to an activating group) is 1. The highest BCUT2D eigenvalue weighted by molar-refractivity contribution is 5.97. The largest absolute Gasteiger partial charge is 0.316 e. The van der Waals surface area contributed by atoms with Crippen LogP contribution in [0.1, 0.15) is 42.5 Å². The van der Waals surface area contributed by atoms with Crippen molar-refractivity contribution in [2.45, 2.75) is 32.7 Å². The molecule has 0 bridgehead atoms. The predicted molar refractivity (Wildman–Crippen MR) is 92.0 cm³/mol. The molecule has 1 unspecified atom stereocenters. The van der Waals surface area contributed by atoms with Crippen molar-refractivity contribution in [1.82, 2.24) is 0 Å². The van der Waals surface area contributed by atoms with Crippen molar-refractivity contribution in [3.05, 3.63) is 65.2 Å². The van der Waals surface area contributed by atoms with E-state index in [1.807, 2.05) is 49.4 Å². The zero-order chi connectivity index (χ0) is 16.3. The molecule has 0 fully saturated rings. The summed E-state index contributed by atoms with van der Waals surface area (Å²) in [6, 6.07) is 15.2. The van der Waals surface area contributed by atoms with E-state index >= 15 is 0 Å². The van der Waals surface area contributed by atoms with Crippen molar-refractivity contribution in [2.24, 2.45) is 5.73 Å². The summed E-state index contributed by atoms with van der Waals surface area (Å²) in [5, 5.41) is 0. The minimum atomic E-state index is -0.645. The number of nitrogens with zero attached hydrogens (tertiary/aromatic N) is 1. The number of nitrogens with two attached hydrogens (primary N) is 1. The summed E-state index contributed by atoms with van der Waals surface area (Å²) >= 11 is 0. The number of aryl methyl sites for hydroxylation is 1. The third-order valence-electron chi connectivity index (χ3n) is 3.96. The molecule has 2 N–H and O–H groups in total. The van der Waals surface area contributed by atoms with Crippen LogP contribution >= 0.6 is 0 Å². The molecule has 22 heavy (non-hydrogen) atoms. The lowest BCUT2D eigenvalue weighted by Gasteiger charge is -2.22. The molecular weight excluding hydrogens is 272 g/mol. The summed E-state index contributed by atoms with van der Waals surface area (Å²) in [4.78, 5) is 14.2. The van der Waals surface area contributed by atoms with Crippen LogP contribution in [0, 0.1) is 6.92 Å². The van der Waals surface area contributed by atoms with Crippen molar-refractivity contribution >= 4 is 11.6 Å². The Labute approximate surface area is 132 Å². The SMILES string of the molecule is Cc1ccc(C(N)C(=O)N(C)c2cccc(C(C)C)c2)cc1. The van der Waals surface area contributed by atoms with E-state index in [0.29, 0.717) is 5.92 Å². The molecule has 0 saturated carbocycles. The summed E-state index contributed by atoms with van der Waals surface area (Å²) < 4.78 is 0. The van der Waals surface area contributed by atoms with Crippen molar-refractivity contribution < 1.29 is 4.79 Å². The van der Waals surface area contributed by atoms with Gasteiger partial charge in [0.25, 0.3) is 0 Å². The third-order valence-corrected chi connectivity index (χ3v) is 3.96. The first kappa shape index (κ1) is 16.2. The molecule has 3 nitrogen and oxygen atoms in total. The maximum absolute atomic E-state index is 12.6. The maximum Gasteiger partial charge on any atom is 0.248 e. The third kappa shape index (κ3) is 3.55. The molecule has 0 radical (unpaired) electrons. The van der Waals surface area contributed by atoms with Crippen LogP contribution in [0.3, 0.4) is 0 Å². The van der Waals surface area contributed by atoms with E-state index in [2.05, 4.69) is 19.9 Å². The molecule has 0 saturated heterocycles. The monoisotopic (exact) mass is 296 g/mol. The topological polar surface area (TPSA) is 46.3 Å². The molecule has 0 aliphatic rings. The Kier molecular flexibility index (Phi) is 4.99. The van der Waals surface area contributed by atoms with Gasteiger partial charge in [0.2, 0.25) is 5.91 Å². The average molecular weight is 296 g/mol. The summed E-state index contributed by atoms with van der Waals surface area (Å²) in [6.07, 6.45) is 0. The van der Waals surface area contributed by atoms with E-state index in [0.717, 1.165) is 16.8 Å². The quantitative estimate of drug-likeness (QED) is 0.933. The molecule has 0 aliphatic heterocycles. The van der Waals surface area contributed by atoms with E-state index in [-0.39, 0.29) is 5.91 Å². The van der Waals surface area contributed by atoms with E-state index in [9.17, 15) is 4.79 Å². The number of carbonyl (C=O) groups excluding carboxylic acids is 1. The predicted octanol–water partition coefficient (Wildman–Crippen LogP) is 3.78. The van der Waals surface area contributed by atoms with Crippen molar-refractivity contribution in [3.8, 4) is 0 Å². The van der Waals surface area contributed by atoms with Crippen LogP contribution in [0.2, 0.25) is 0 Å². The molecular formula is C19H24N2O. The van der Waals surface area contributed by atoms with Crippen LogP contribution in [0.25, 0.3) is 0 Å². The first-order valence-electron chi connectivity index (χ1n) is 7.60. The maximum atomic E-state index is 12.6. The van der Waals surface area contributed by atoms with Crippen LogP contribution in [-0.4, -0.2) is 13.0 Å². The van der Waals surface area contributed by atoms with E-state index in [1.54, 1.807) is 11.9 Å². The number of anilines is 1. The Morgan fingerprint density at radius 1 is 1.05 bits per heavy atom. The molecule has 2 aromatic carbocycles. The van der Waals surface area contributed by atoms with E-state index in [4.69, 9.17) is 5.73 Å². The normalized spacial score (nSPS) is 12.3. The molecule has 0 aliphatic carbocycles. The molecule has 0 heterocycles. The fourth-order valence-corrected chi connectivity index (χ4v) is 2.34. The zero-order valence-corrected chi connectivity index (χ0v) is 13.7. The number of carbonyl (C=O) groups is 1. The van der Waals surface area contributed by atoms with Gasteiger partial charge in [-0.05, 0) is 36.1 Å². The van der Waals surface area contributed by atoms with Crippen LogP contribution in [0.4, 0.5) is 5.69 Å². The number of hydrogen-bond donors (Lipinski definition) is 1. The van der Waals surface area contributed by atoms with Gasteiger partial charge in [-0.15, -0.1) is 0 Å². The number of rotatable bonds is 4. The van der Waals surface area contributed by atoms with E-state index in [1.165, 1.54) is 5.56 Å². The fraction of sp³-hybridized carbons (Fsp3) is 0.316. The van der Waals surface area contributed by atoms with Crippen molar-refractivity contribution in [1.29, 1.82) is 0 Å². The van der Waals surface area contributed by atoms with Gasteiger partial charge >= 0.3 is 0 Å². The van der Waals surface area contributed by atoms with Crippen molar-refractivity contribution in [2.75, 3.05) is 11.9 Å². The van der Waals surface area contributed by atoms with E-state index < -0.39 is 6.04 Å². The molecule has 3 heteroatoms. The minimum absolute atomic E-state index is 0.107. The Bertz CT molecular complexity index is 647. The Morgan fingerprint density at radius 2 is 1.68 bits per heavy atom.